The van der Waals surface area contributed by atoms with Gasteiger partial charge in [-0.1, -0.05) is 18.2 Å². The molecule has 1 aromatic heterocycles. The third-order valence-electron chi connectivity index (χ3n) is 2.76. The van der Waals surface area contributed by atoms with Crippen LogP contribution in [0.5, 0.6) is 0 Å². The molecular formula is C15H18N+. The molecule has 2 rings (SSSR count). The van der Waals surface area contributed by atoms with E-state index >= 15 is 0 Å². The van der Waals surface area contributed by atoms with Gasteiger partial charge in [0.2, 0.25) is 5.69 Å². The Morgan fingerprint density at radius 3 is 2.50 bits per heavy atom. The Kier molecular flexibility index (Phi) is 1.44. The van der Waals surface area contributed by atoms with Crippen molar-refractivity contribution in [2.75, 3.05) is 0 Å². The summed E-state index contributed by atoms with van der Waals surface area (Å²) >= 11 is 0. The van der Waals surface area contributed by atoms with Crippen molar-refractivity contribution >= 4 is 0 Å². The third kappa shape index (κ3) is 1.73. The Morgan fingerprint density at radius 1 is 1.00 bits per heavy atom. The van der Waals surface area contributed by atoms with Crippen LogP contribution in [0.15, 0.2) is 36.4 Å². The molecule has 0 bridgehead atoms. The first-order chi connectivity index (χ1) is 10.0. The van der Waals surface area contributed by atoms with Crippen LogP contribution in [0.4, 0.5) is 0 Å². The normalized spacial score (nSPS) is 17.6. The molecule has 0 amide bonds. The lowest BCUT2D eigenvalue weighted by molar-refractivity contribution is -0.666. The van der Waals surface area contributed by atoms with Crippen molar-refractivity contribution in [3.8, 4) is 11.3 Å². The van der Waals surface area contributed by atoms with E-state index in [9.17, 15) is 0 Å². The molecule has 0 aliphatic carbocycles. The van der Waals surface area contributed by atoms with Crippen molar-refractivity contribution in [2.45, 2.75) is 20.6 Å². The van der Waals surface area contributed by atoms with Gasteiger partial charge < -0.3 is 0 Å². The number of hydrogen-bond acceptors (Lipinski definition) is 0. The molecule has 1 aromatic carbocycles. The molecule has 16 heavy (non-hydrogen) atoms. The molecule has 2 aromatic rings. The number of nitrogens with zero attached hydrogens (tertiary/aromatic N) is 1. The number of aryl methyl sites for hydroxylation is 3. The topological polar surface area (TPSA) is 3.88 Å². The zero-order valence-electron chi connectivity index (χ0n) is 15.4. The number of rotatable bonds is 1. The van der Waals surface area contributed by atoms with Gasteiger partial charge in [-0.2, -0.15) is 4.57 Å². The summed E-state index contributed by atoms with van der Waals surface area (Å²) in [6.07, 6.45) is 0. The predicted octanol–water partition coefficient (Wildman–Crippen LogP) is 3.10. The van der Waals surface area contributed by atoms with E-state index in [-0.39, 0.29) is 11.3 Å². The van der Waals surface area contributed by atoms with Crippen molar-refractivity contribution in [3.05, 3.63) is 53.2 Å². The molecule has 0 fully saturated rings. The lowest BCUT2D eigenvalue weighted by Gasteiger charge is -2.08. The Bertz CT molecular complexity index is 700. The Morgan fingerprint density at radius 2 is 1.75 bits per heavy atom. The van der Waals surface area contributed by atoms with Crippen molar-refractivity contribution in [3.63, 3.8) is 0 Å². The summed E-state index contributed by atoms with van der Waals surface area (Å²) in [7, 11) is 1.65. The molecule has 82 valence electrons. The van der Waals surface area contributed by atoms with Gasteiger partial charge in [-0.05, 0) is 31.0 Å². The summed E-state index contributed by atoms with van der Waals surface area (Å²) in [4.78, 5) is 0. The van der Waals surface area contributed by atoms with Crippen molar-refractivity contribution in [1.29, 1.82) is 0 Å². The van der Waals surface area contributed by atoms with E-state index in [4.69, 9.17) is 8.22 Å². The van der Waals surface area contributed by atoms with Gasteiger partial charge in [0.15, 0.2) is 5.69 Å². The molecule has 1 nitrogen and oxygen atoms in total. The molecule has 1 heteroatoms. The van der Waals surface area contributed by atoms with E-state index in [1.165, 1.54) is 6.07 Å². The zero-order valence-corrected chi connectivity index (χ0v) is 9.41. The fourth-order valence-electron chi connectivity index (χ4n) is 1.84. The van der Waals surface area contributed by atoms with Crippen LogP contribution in [0.3, 0.4) is 0 Å². The van der Waals surface area contributed by atoms with Crippen molar-refractivity contribution < 1.29 is 12.8 Å². The van der Waals surface area contributed by atoms with Gasteiger partial charge in [0.05, 0.1) is 5.56 Å². The van der Waals surface area contributed by atoms with E-state index in [2.05, 4.69) is 0 Å². The van der Waals surface area contributed by atoms with Crippen molar-refractivity contribution in [1.82, 2.24) is 0 Å². The highest BCUT2D eigenvalue weighted by Crippen LogP contribution is 2.24. The molecular weight excluding hydrogens is 194 g/mol. The van der Waals surface area contributed by atoms with Gasteiger partial charge >= 0.3 is 0 Å². The monoisotopic (exact) mass is 218 g/mol. The van der Waals surface area contributed by atoms with Crippen LogP contribution < -0.4 is 4.57 Å². The average Bonchev–Trinajstić information content (AvgIpc) is 2.37. The molecule has 0 saturated carbocycles. The maximum Gasteiger partial charge on any atom is 0.212 e. The second-order valence-electron chi connectivity index (χ2n) is 3.85. The molecule has 0 radical (unpaired) electrons. The predicted molar refractivity (Wildman–Crippen MR) is 67.3 cm³/mol. The summed E-state index contributed by atoms with van der Waals surface area (Å²) in [5.74, 6) is 0. The Hall–Kier alpha value is -1.63. The first kappa shape index (κ1) is 5.62. The third-order valence-corrected chi connectivity index (χ3v) is 2.76. The lowest BCUT2D eigenvalue weighted by atomic mass is 9.99. The van der Waals surface area contributed by atoms with Crippen molar-refractivity contribution in [2.24, 2.45) is 7.05 Å². The van der Waals surface area contributed by atoms with E-state index in [0.29, 0.717) is 11.3 Å². The summed E-state index contributed by atoms with van der Waals surface area (Å²) in [5, 5.41) is 0. The average molecular weight is 218 g/mol. The highest BCUT2D eigenvalue weighted by molar-refractivity contribution is 5.65. The maximum absolute atomic E-state index is 7.72. The van der Waals surface area contributed by atoms with Gasteiger partial charge in [-0.25, -0.2) is 0 Å². The first-order valence-electron chi connectivity index (χ1n) is 8.13. The van der Waals surface area contributed by atoms with Crippen LogP contribution in [0, 0.1) is 20.6 Å². The Balaban J connectivity index is 2.79. The highest BCUT2D eigenvalue weighted by Gasteiger charge is 2.15. The van der Waals surface area contributed by atoms with Crippen LogP contribution >= 0.6 is 0 Å². The molecule has 0 aliphatic rings. The maximum atomic E-state index is 7.72. The second-order valence-corrected chi connectivity index (χ2v) is 3.85. The molecule has 0 unspecified atom stereocenters. The SMILES string of the molecule is [2H]C([2H])([2H])c1cccc(C)c1-c1cccc(C([2H])([2H])[2H])[n+]1C. The smallest absolute Gasteiger partial charge is 0.199 e. The minimum atomic E-state index is -2.26. The van der Waals surface area contributed by atoms with Gasteiger partial charge in [0.25, 0.3) is 0 Å². The molecule has 1 heterocycles. The van der Waals surface area contributed by atoms with E-state index in [0.717, 1.165) is 5.56 Å². The van der Waals surface area contributed by atoms with E-state index < -0.39 is 13.7 Å². The van der Waals surface area contributed by atoms with Crippen LogP contribution in [0.1, 0.15) is 25.0 Å². The van der Waals surface area contributed by atoms with Crippen LogP contribution in [0.2, 0.25) is 0 Å². The lowest BCUT2D eigenvalue weighted by Crippen LogP contribution is -2.34. The fraction of sp³-hybridized carbons (Fsp3) is 0.267. The zero-order chi connectivity index (χ0) is 16.7. The molecule has 0 atom stereocenters. The number of pyridine rings is 1. The van der Waals surface area contributed by atoms with Gasteiger partial charge in [0.1, 0.15) is 7.05 Å². The number of hydrogen-bond donors (Lipinski definition) is 0. The van der Waals surface area contributed by atoms with Gasteiger partial charge in [0, 0.05) is 27.2 Å². The van der Waals surface area contributed by atoms with Gasteiger partial charge in [-0.15, -0.1) is 0 Å². The largest absolute Gasteiger partial charge is 0.212 e. The summed E-state index contributed by atoms with van der Waals surface area (Å²) < 4.78 is 47.5. The quantitative estimate of drug-likeness (QED) is 0.648. The second kappa shape index (κ2) is 4.09. The number of aromatic nitrogens is 1. The minimum Gasteiger partial charge on any atom is -0.199 e. The fourth-order valence-corrected chi connectivity index (χ4v) is 1.84. The summed E-state index contributed by atoms with van der Waals surface area (Å²) in [5.41, 5.74) is 2.34. The van der Waals surface area contributed by atoms with Crippen LogP contribution in [-0.2, 0) is 7.05 Å². The van der Waals surface area contributed by atoms with E-state index in [1.807, 2.05) is 13.0 Å². The van der Waals surface area contributed by atoms with Gasteiger partial charge in [-0.3, -0.25) is 0 Å². The first-order valence-corrected chi connectivity index (χ1v) is 5.13. The minimum absolute atomic E-state index is 0.171. The van der Waals surface area contributed by atoms with Crippen LogP contribution in [0.25, 0.3) is 11.3 Å². The number of benzene rings is 1. The summed E-state index contributed by atoms with van der Waals surface area (Å²) in [6, 6.07) is 10.0. The molecule has 0 aliphatic heterocycles. The highest BCUT2D eigenvalue weighted by atomic mass is 14.9. The summed E-state index contributed by atoms with van der Waals surface area (Å²) in [6.45, 7) is -2.69. The van der Waals surface area contributed by atoms with E-state index in [1.54, 1.807) is 35.9 Å². The molecule has 0 saturated heterocycles. The van der Waals surface area contributed by atoms with Crippen LogP contribution in [-0.4, -0.2) is 0 Å². The Labute approximate surface area is 106 Å². The molecule has 0 N–H and O–H groups in total. The standard InChI is InChI=1S/C15H18N/c1-11-7-5-8-12(2)15(11)14-10-6-9-13(3)16(14)4/h5-10H,1-4H3/q+1/i1D3,3D3. The molecule has 0 spiro atoms.